The van der Waals surface area contributed by atoms with E-state index in [0.29, 0.717) is 31.9 Å². The Labute approximate surface area is 141 Å². The van der Waals surface area contributed by atoms with Crippen LogP contribution in [0.1, 0.15) is 24.4 Å². The minimum atomic E-state index is -0.615. The van der Waals surface area contributed by atoms with E-state index < -0.39 is 11.8 Å². The molecule has 0 aliphatic carbocycles. The molecule has 1 saturated heterocycles. The zero-order chi connectivity index (χ0) is 17.5. The van der Waals surface area contributed by atoms with Crippen LogP contribution >= 0.6 is 0 Å². The fourth-order valence-corrected chi connectivity index (χ4v) is 2.47. The van der Waals surface area contributed by atoms with Crippen molar-refractivity contribution in [1.29, 1.82) is 0 Å². The second kappa shape index (κ2) is 8.49. The Hall–Kier alpha value is -2.35. The summed E-state index contributed by atoms with van der Waals surface area (Å²) in [6.45, 7) is 7.31. The summed E-state index contributed by atoms with van der Waals surface area (Å²) < 4.78 is 5.13. The van der Waals surface area contributed by atoms with Gasteiger partial charge in [-0.3, -0.25) is 19.3 Å². The average molecular weight is 336 g/mol. The number of rotatable bonds is 5. The van der Waals surface area contributed by atoms with E-state index >= 15 is 0 Å². The third-order valence-corrected chi connectivity index (χ3v) is 3.73. The molecule has 1 aromatic heterocycles. The molecule has 8 heteroatoms. The van der Waals surface area contributed by atoms with Gasteiger partial charge in [0.2, 0.25) is 0 Å². The molecule has 2 rings (SSSR count). The number of carbonyl (C=O) groups excluding carboxylic acids is 3. The number of hydrogen-bond donors (Lipinski definition) is 2. The first-order valence-corrected chi connectivity index (χ1v) is 8.11. The van der Waals surface area contributed by atoms with Crippen LogP contribution in [-0.2, 0) is 9.59 Å². The van der Waals surface area contributed by atoms with Crippen molar-refractivity contribution in [3.63, 3.8) is 0 Å². The Bertz CT molecular complexity index is 563. The van der Waals surface area contributed by atoms with E-state index in [1.165, 1.54) is 6.26 Å². The van der Waals surface area contributed by atoms with Crippen molar-refractivity contribution in [3.05, 3.63) is 24.2 Å². The molecule has 1 aromatic rings. The lowest BCUT2D eigenvalue weighted by atomic mass is 10.3. The van der Waals surface area contributed by atoms with Crippen molar-refractivity contribution in [1.82, 2.24) is 20.4 Å². The first-order chi connectivity index (χ1) is 11.5. The molecule has 0 bridgehead atoms. The van der Waals surface area contributed by atoms with Gasteiger partial charge in [0, 0.05) is 45.3 Å². The van der Waals surface area contributed by atoms with E-state index in [9.17, 15) is 14.4 Å². The Balaban J connectivity index is 1.65. The van der Waals surface area contributed by atoms with Crippen molar-refractivity contribution in [3.8, 4) is 0 Å². The lowest BCUT2D eigenvalue weighted by Crippen LogP contribution is -2.51. The van der Waals surface area contributed by atoms with Crippen LogP contribution in [0.5, 0.6) is 0 Å². The smallest absolute Gasteiger partial charge is 0.309 e. The van der Waals surface area contributed by atoms with Gasteiger partial charge >= 0.3 is 11.8 Å². The summed E-state index contributed by atoms with van der Waals surface area (Å²) in [4.78, 5) is 39.1. The van der Waals surface area contributed by atoms with Gasteiger partial charge < -0.3 is 20.0 Å². The number of furan rings is 1. The van der Waals surface area contributed by atoms with Crippen molar-refractivity contribution in [2.45, 2.75) is 19.9 Å². The number of nitrogens with zero attached hydrogens (tertiary/aromatic N) is 2. The van der Waals surface area contributed by atoms with Gasteiger partial charge in [-0.15, -0.1) is 0 Å². The van der Waals surface area contributed by atoms with Gasteiger partial charge in [0.1, 0.15) is 0 Å². The molecule has 0 aromatic carbocycles. The number of nitrogens with one attached hydrogen (secondary N) is 2. The highest BCUT2D eigenvalue weighted by molar-refractivity contribution is 6.35. The fraction of sp³-hybridized carbons (Fsp3) is 0.562. The van der Waals surface area contributed by atoms with Gasteiger partial charge in [0.05, 0.1) is 6.26 Å². The molecule has 2 heterocycles. The van der Waals surface area contributed by atoms with Crippen molar-refractivity contribution >= 4 is 17.7 Å². The predicted octanol–water partition coefficient (Wildman–Crippen LogP) is -0.322. The Morgan fingerprint density at radius 3 is 2.46 bits per heavy atom. The van der Waals surface area contributed by atoms with Gasteiger partial charge in [-0.25, -0.2) is 0 Å². The Morgan fingerprint density at radius 1 is 1.17 bits per heavy atom. The first kappa shape index (κ1) is 18.0. The van der Waals surface area contributed by atoms with E-state index in [1.54, 1.807) is 30.9 Å². The summed E-state index contributed by atoms with van der Waals surface area (Å²) in [5.41, 5.74) is 0. The Kier molecular flexibility index (Phi) is 6.36. The van der Waals surface area contributed by atoms with Gasteiger partial charge in [-0.05, 0) is 26.0 Å². The molecule has 2 N–H and O–H groups in total. The predicted molar refractivity (Wildman–Crippen MR) is 87.3 cm³/mol. The number of hydrogen-bond acceptors (Lipinski definition) is 5. The number of amides is 3. The van der Waals surface area contributed by atoms with E-state index in [-0.39, 0.29) is 11.9 Å². The molecule has 0 unspecified atom stereocenters. The van der Waals surface area contributed by atoms with Gasteiger partial charge in [0.25, 0.3) is 5.91 Å². The highest BCUT2D eigenvalue weighted by atomic mass is 16.3. The molecule has 0 spiro atoms. The largest absolute Gasteiger partial charge is 0.459 e. The van der Waals surface area contributed by atoms with E-state index in [0.717, 1.165) is 13.1 Å². The summed E-state index contributed by atoms with van der Waals surface area (Å²) in [5, 5.41) is 5.15. The third kappa shape index (κ3) is 5.09. The summed E-state index contributed by atoms with van der Waals surface area (Å²) in [7, 11) is 0. The Morgan fingerprint density at radius 2 is 1.88 bits per heavy atom. The van der Waals surface area contributed by atoms with Crippen LogP contribution in [0.25, 0.3) is 0 Å². The van der Waals surface area contributed by atoms with Crippen LogP contribution in [0.3, 0.4) is 0 Å². The minimum Gasteiger partial charge on any atom is -0.459 e. The molecule has 3 amide bonds. The second-order valence-electron chi connectivity index (χ2n) is 6.00. The molecule has 1 fully saturated rings. The van der Waals surface area contributed by atoms with Crippen LogP contribution in [0, 0.1) is 0 Å². The zero-order valence-electron chi connectivity index (χ0n) is 14.1. The van der Waals surface area contributed by atoms with Gasteiger partial charge in [-0.1, -0.05) is 0 Å². The quantitative estimate of drug-likeness (QED) is 0.719. The molecule has 24 heavy (non-hydrogen) atoms. The van der Waals surface area contributed by atoms with Gasteiger partial charge in [-0.2, -0.15) is 0 Å². The molecule has 132 valence electrons. The van der Waals surface area contributed by atoms with Crippen LogP contribution < -0.4 is 10.6 Å². The summed E-state index contributed by atoms with van der Waals surface area (Å²) in [6, 6.07) is 3.29. The highest BCUT2D eigenvalue weighted by Gasteiger charge is 2.23. The molecule has 8 nitrogen and oxygen atoms in total. The highest BCUT2D eigenvalue weighted by Crippen LogP contribution is 2.08. The van der Waals surface area contributed by atoms with Crippen molar-refractivity contribution in [2.24, 2.45) is 0 Å². The number of piperazine rings is 1. The van der Waals surface area contributed by atoms with Crippen LogP contribution in [0.15, 0.2) is 22.8 Å². The normalized spacial score (nSPS) is 15.4. The number of carbonyl (C=O) groups is 3. The summed E-state index contributed by atoms with van der Waals surface area (Å²) in [5.74, 6) is -0.973. The van der Waals surface area contributed by atoms with Crippen LogP contribution in [-0.4, -0.2) is 72.8 Å². The van der Waals surface area contributed by atoms with E-state index in [1.807, 2.05) is 0 Å². The molecule has 0 atom stereocenters. The monoisotopic (exact) mass is 336 g/mol. The van der Waals surface area contributed by atoms with Crippen molar-refractivity contribution in [2.75, 3.05) is 39.3 Å². The second-order valence-corrected chi connectivity index (χ2v) is 6.00. The third-order valence-electron chi connectivity index (χ3n) is 3.73. The fourth-order valence-electron chi connectivity index (χ4n) is 2.47. The topological polar surface area (TPSA) is 94.9 Å². The maximum Gasteiger partial charge on any atom is 0.309 e. The van der Waals surface area contributed by atoms with Crippen molar-refractivity contribution < 1.29 is 18.8 Å². The standard InChI is InChI=1S/C16H24N4O4/c1-12(2)18-15(22)14(21)17-5-6-19-7-9-20(10-8-19)16(23)13-4-3-11-24-13/h3-4,11-12H,5-10H2,1-2H3,(H,17,21)(H,18,22). The molecule has 0 saturated carbocycles. The molecular weight excluding hydrogens is 312 g/mol. The van der Waals surface area contributed by atoms with Crippen LogP contribution in [0.4, 0.5) is 0 Å². The minimum absolute atomic E-state index is 0.0666. The summed E-state index contributed by atoms with van der Waals surface area (Å²) in [6.07, 6.45) is 1.49. The zero-order valence-corrected chi connectivity index (χ0v) is 14.1. The van der Waals surface area contributed by atoms with E-state index in [4.69, 9.17) is 4.42 Å². The lowest BCUT2D eigenvalue weighted by molar-refractivity contribution is -0.139. The first-order valence-electron chi connectivity index (χ1n) is 8.11. The summed E-state index contributed by atoms with van der Waals surface area (Å²) >= 11 is 0. The van der Waals surface area contributed by atoms with E-state index in [2.05, 4.69) is 15.5 Å². The molecule has 1 aliphatic heterocycles. The van der Waals surface area contributed by atoms with Crippen LogP contribution in [0.2, 0.25) is 0 Å². The molecular formula is C16H24N4O4. The van der Waals surface area contributed by atoms with Gasteiger partial charge in [0.15, 0.2) is 5.76 Å². The molecule has 1 aliphatic rings. The molecule has 0 radical (unpaired) electrons. The SMILES string of the molecule is CC(C)NC(=O)C(=O)NCCN1CCN(C(=O)c2ccco2)CC1. The average Bonchev–Trinajstić information content (AvgIpc) is 3.08. The lowest BCUT2D eigenvalue weighted by Gasteiger charge is -2.34. The maximum absolute atomic E-state index is 12.1. The maximum atomic E-state index is 12.1.